The van der Waals surface area contributed by atoms with Crippen LogP contribution < -0.4 is 9.47 Å². The van der Waals surface area contributed by atoms with Gasteiger partial charge in [0.25, 0.3) is 5.91 Å². The number of likely N-dealkylation sites (tertiary alicyclic amines) is 2. The van der Waals surface area contributed by atoms with Gasteiger partial charge in [-0.25, -0.2) is 0 Å². The molecule has 0 saturated carbocycles. The predicted octanol–water partition coefficient (Wildman–Crippen LogP) is 3.84. The van der Waals surface area contributed by atoms with E-state index in [2.05, 4.69) is 0 Å². The molecule has 4 rings (SSSR count). The minimum Gasteiger partial charge on any atom is -0.497 e. The van der Waals surface area contributed by atoms with Crippen LogP contribution in [-0.4, -0.2) is 62.0 Å². The quantitative estimate of drug-likeness (QED) is 0.706. The fraction of sp³-hybridized carbons (Fsp3) is 0.417. The fourth-order valence-electron chi connectivity index (χ4n) is 4.64. The number of hydrogen-bond acceptors (Lipinski definition) is 4. The zero-order valence-corrected chi connectivity index (χ0v) is 18.6. The molecule has 2 aromatic rings. The average Bonchev–Trinajstić information content (AvgIpc) is 3.48. The lowest BCUT2D eigenvalue weighted by Crippen LogP contribution is -2.37. The highest BCUT2D eigenvalue weighted by atomic mass is 35.5. The van der Waals surface area contributed by atoms with Crippen molar-refractivity contribution in [1.82, 2.24) is 9.80 Å². The molecule has 31 heavy (non-hydrogen) atoms. The summed E-state index contributed by atoms with van der Waals surface area (Å²) in [5.41, 5.74) is 1.42. The molecule has 2 aromatic carbocycles. The number of nitrogens with zero attached hydrogens (tertiary/aromatic N) is 2. The number of halogens is 1. The Bertz CT molecular complexity index is 974. The third-order valence-electron chi connectivity index (χ3n) is 6.25. The Hall–Kier alpha value is -2.73. The van der Waals surface area contributed by atoms with Gasteiger partial charge in [0.2, 0.25) is 5.91 Å². The maximum Gasteiger partial charge on any atom is 0.253 e. The number of rotatable bonds is 5. The molecule has 2 fully saturated rings. The van der Waals surface area contributed by atoms with Crippen molar-refractivity contribution >= 4 is 23.4 Å². The summed E-state index contributed by atoms with van der Waals surface area (Å²) in [5.74, 6) is 0.869. The van der Waals surface area contributed by atoms with Crippen LogP contribution in [0.2, 0.25) is 5.02 Å². The lowest BCUT2D eigenvalue weighted by Gasteiger charge is -2.25. The van der Waals surface area contributed by atoms with Crippen LogP contribution in [0.5, 0.6) is 11.5 Å². The second-order valence-corrected chi connectivity index (χ2v) is 8.51. The van der Waals surface area contributed by atoms with Gasteiger partial charge in [-0.05, 0) is 49.2 Å². The molecule has 0 bridgehead atoms. The zero-order valence-electron chi connectivity index (χ0n) is 17.8. The molecule has 0 N–H and O–H groups in total. The summed E-state index contributed by atoms with van der Waals surface area (Å²) in [7, 11) is 3.23. The maximum absolute atomic E-state index is 13.4. The third-order valence-corrected chi connectivity index (χ3v) is 6.49. The van der Waals surface area contributed by atoms with Crippen molar-refractivity contribution < 1.29 is 19.1 Å². The van der Waals surface area contributed by atoms with Gasteiger partial charge < -0.3 is 19.3 Å². The lowest BCUT2D eigenvalue weighted by molar-refractivity contribution is -0.134. The molecular weight excluding hydrogens is 416 g/mol. The van der Waals surface area contributed by atoms with Crippen LogP contribution in [0.15, 0.2) is 42.5 Å². The highest BCUT2D eigenvalue weighted by molar-refractivity contribution is 6.30. The molecule has 2 atom stereocenters. The molecule has 0 radical (unpaired) electrons. The van der Waals surface area contributed by atoms with Gasteiger partial charge in [0.1, 0.15) is 11.5 Å². The summed E-state index contributed by atoms with van der Waals surface area (Å²) in [6, 6.07) is 12.5. The van der Waals surface area contributed by atoms with E-state index in [0.717, 1.165) is 31.5 Å². The smallest absolute Gasteiger partial charge is 0.253 e. The third kappa shape index (κ3) is 4.35. The van der Waals surface area contributed by atoms with Gasteiger partial charge in [-0.15, -0.1) is 0 Å². The van der Waals surface area contributed by atoms with Gasteiger partial charge in [-0.2, -0.15) is 0 Å². The Morgan fingerprint density at radius 1 is 0.968 bits per heavy atom. The molecule has 0 unspecified atom stereocenters. The number of methoxy groups -OCH3 is 2. The number of ether oxygens (including phenoxy) is 2. The van der Waals surface area contributed by atoms with E-state index in [1.807, 2.05) is 23.1 Å². The van der Waals surface area contributed by atoms with Crippen LogP contribution >= 0.6 is 11.6 Å². The van der Waals surface area contributed by atoms with E-state index in [1.165, 1.54) is 0 Å². The van der Waals surface area contributed by atoms with Crippen LogP contribution in [0, 0.1) is 5.92 Å². The van der Waals surface area contributed by atoms with Crippen LogP contribution in [0.25, 0.3) is 0 Å². The number of carbonyl (C=O) groups is 2. The largest absolute Gasteiger partial charge is 0.497 e. The van der Waals surface area contributed by atoms with Crippen molar-refractivity contribution in [3.63, 3.8) is 0 Å². The minimum absolute atomic E-state index is 0.105. The molecular formula is C24H27ClN2O4. The van der Waals surface area contributed by atoms with Crippen LogP contribution in [0.1, 0.15) is 34.7 Å². The Balaban J connectivity index is 1.69. The number of carbonyl (C=O) groups excluding carboxylic acids is 2. The fourth-order valence-corrected chi connectivity index (χ4v) is 4.83. The highest BCUT2D eigenvalue weighted by Crippen LogP contribution is 2.41. The van der Waals surface area contributed by atoms with E-state index in [4.69, 9.17) is 21.1 Å². The normalized spacial score (nSPS) is 20.7. The summed E-state index contributed by atoms with van der Waals surface area (Å²) in [5, 5.41) is 0.515. The van der Waals surface area contributed by atoms with Crippen LogP contribution in [0.3, 0.4) is 0 Å². The first-order valence-corrected chi connectivity index (χ1v) is 10.9. The van der Waals surface area contributed by atoms with Crippen LogP contribution in [0.4, 0.5) is 0 Å². The van der Waals surface area contributed by atoms with E-state index in [1.54, 1.807) is 43.4 Å². The molecule has 2 aliphatic heterocycles. The summed E-state index contributed by atoms with van der Waals surface area (Å²) in [6.45, 7) is 2.35. The maximum atomic E-state index is 13.4. The zero-order chi connectivity index (χ0) is 22.0. The average molecular weight is 443 g/mol. The SMILES string of the molecule is COc1ccc(OC)c([C@H]2CN(C(=O)c3cccc(Cl)c3)C[C@H]2C(=O)N2CCCC2)c1. The van der Waals surface area contributed by atoms with Gasteiger partial charge in [-0.1, -0.05) is 17.7 Å². The van der Waals surface area contributed by atoms with E-state index < -0.39 is 0 Å². The Kier molecular flexibility index (Phi) is 6.37. The first kappa shape index (κ1) is 21.5. The lowest BCUT2D eigenvalue weighted by atomic mass is 9.87. The number of benzene rings is 2. The highest BCUT2D eigenvalue weighted by Gasteiger charge is 2.43. The Morgan fingerprint density at radius 2 is 1.74 bits per heavy atom. The van der Waals surface area contributed by atoms with E-state index in [0.29, 0.717) is 35.2 Å². The Morgan fingerprint density at radius 3 is 2.42 bits per heavy atom. The first-order valence-electron chi connectivity index (χ1n) is 10.6. The molecule has 0 aromatic heterocycles. The monoisotopic (exact) mass is 442 g/mol. The van der Waals surface area contributed by atoms with Gasteiger partial charge in [-0.3, -0.25) is 9.59 Å². The van der Waals surface area contributed by atoms with Crippen molar-refractivity contribution in [2.75, 3.05) is 40.4 Å². The van der Waals surface area contributed by atoms with Crippen molar-refractivity contribution in [2.24, 2.45) is 5.92 Å². The predicted molar refractivity (Wildman–Crippen MR) is 119 cm³/mol. The molecule has 2 heterocycles. The standard InChI is InChI=1S/C24H27ClN2O4/c1-30-18-8-9-22(31-2)19(13-18)20-14-27(23(28)16-6-5-7-17(25)12-16)15-21(20)24(29)26-10-3-4-11-26/h5-9,12-13,20-21H,3-4,10-11,14-15H2,1-2H3/t20-,21-/m1/s1. The molecule has 2 amide bonds. The molecule has 7 heteroatoms. The molecule has 2 aliphatic rings. The summed E-state index contributed by atoms with van der Waals surface area (Å²) >= 11 is 6.10. The van der Waals surface area contributed by atoms with Crippen LogP contribution in [-0.2, 0) is 4.79 Å². The topological polar surface area (TPSA) is 59.1 Å². The van der Waals surface area contributed by atoms with Crippen molar-refractivity contribution in [3.05, 3.63) is 58.6 Å². The summed E-state index contributed by atoms with van der Waals surface area (Å²) < 4.78 is 11.0. The van der Waals surface area contributed by atoms with Gasteiger partial charge in [0, 0.05) is 48.2 Å². The Labute approximate surface area is 187 Å². The van der Waals surface area contributed by atoms with E-state index in [9.17, 15) is 9.59 Å². The summed E-state index contributed by atoms with van der Waals surface area (Å²) in [6.07, 6.45) is 2.05. The molecule has 6 nitrogen and oxygen atoms in total. The molecule has 0 spiro atoms. The van der Waals surface area contributed by atoms with Gasteiger partial charge in [0.05, 0.1) is 20.1 Å². The van der Waals surface area contributed by atoms with Crippen molar-refractivity contribution in [1.29, 1.82) is 0 Å². The minimum atomic E-state index is -0.331. The van der Waals surface area contributed by atoms with E-state index >= 15 is 0 Å². The molecule has 2 saturated heterocycles. The molecule has 0 aliphatic carbocycles. The van der Waals surface area contributed by atoms with Crippen molar-refractivity contribution in [2.45, 2.75) is 18.8 Å². The van der Waals surface area contributed by atoms with Crippen molar-refractivity contribution in [3.8, 4) is 11.5 Å². The molecule has 164 valence electrons. The summed E-state index contributed by atoms with van der Waals surface area (Å²) in [4.78, 5) is 30.4. The number of hydrogen-bond donors (Lipinski definition) is 0. The second kappa shape index (κ2) is 9.18. The first-order chi connectivity index (χ1) is 15.0. The van der Waals surface area contributed by atoms with Gasteiger partial charge in [0.15, 0.2) is 0 Å². The number of amides is 2. The second-order valence-electron chi connectivity index (χ2n) is 8.07. The van der Waals surface area contributed by atoms with E-state index in [-0.39, 0.29) is 23.7 Å². The van der Waals surface area contributed by atoms with Gasteiger partial charge >= 0.3 is 0 Å².